The van der Waals surface area contributed by atoms with Crippen molar-refractivity contribution in [3.05, 3.63) is 90.1 Å². The summed E-state index contributed by atoms with van der Waals surface area (Å²) in [5, 5.41) is 0. The van der Waals surface area contributed by atoms with Crippen molar-refractivity contribution in [2.75, 3.05) is 52.9 Å². The van der Waals surface area contributed by atoms with Crippen molar-refractivity contribution >= 4 is 47.8 Å². The van der Waals surface area contributed by atoms with Gasteiger partial charge in [0.05, 0.1) is 97.4 Å². The molecule has 1 aliphatic rings. The normalized spacial score (nSPS) is 11.9. The Balaban J connectivity index is 2.02. The summed E-state index contributed by atoms with van der Waals surface area (Å²) in [6.45, 7) is 15.3. The van der Waals surface area contributed by atoms with Crippen LogP contribution in [0.3, 0.4) is 0 Å². The molecule has 1 aliphatic heterocycles. The van der Waals surface area contributed by atoms with Crippen LogP contribution in [-0.2, 0) is 63.6 Å². The molecule has 0 atom stereocenters. The Morgan fingerprint density at radius 1 is 0.237 bits per heavy atom. The summed E-state index contributed by atoms with van der Waals surface area (Å²) in [5.74, 6) is -7.19. The van der Waals surface area contributed by atoms with Gasteiger partial charge in [-0.25, -0.2) is 38.4 Å². The molecule has 0 fully saturated rings. The summed E-state index contributed by atoms with van der Waals surface area (Å²) in [5.41, 5.74) is -1.44. The number of unbranched alkanes of at least 4 members (excludes halogenated alkanes) is 8. The molecule has 8 bridgehead atoms. The highest BCUT2D eigenvalue weighted by atomic mass is 16.6. The lowest BCUT2D eigenvalue weighted by atomic mass is 9.98. The van der Waals surface area contributed by atoms with E-state index < -0.39 is 47.8 Å². The van der Waals surface area contributed by atoms with Crippen LogP contribution >= 0.6 is 0 Å². The second kappa shape index (κ2) is 32.8. The molecule has 0 aromatic carbocycles. The van der Waals surface area contributed by atoms with Gasteiger partial charge in [-0.2, -0.15) is 0 Å². The van der Waals surface area contributed by atoms with Crippen molar-refractivity contribution in [2.24, 2.45) is 0 Å². The molecule has 80 heavy (non-hydrogen) atoms. The van der Waals surface area contributed by atoms with Gasteiger partial charge < -0.3 is 57.8 Å². The Bertz CT molecular complexity index is 2220. The predicted molar refractivity (Wildman–Crippen MR) is 296 cm³/mol. The SMILES string of the molecule is CCCCOC(=O)c1c2[nH]c(c1C(=O)OCCCC)Cc1[nH]c(c(C(=O)OCCCC)c1C(=O)OCCCC)Cc1[nH]c(c(C(=O)OCCCC)c1C(=O)OCCCC)Cc1[nH]c(c(C(=O)OCCCC)c1C(=O)OCCCC)C2. The maximum absolute atomic E-state index is 14.7. The Hall–Kier alpha value is -7.12. The third-order valence-electron chi connectivity index (χ3n) is 13.5. The number of rotatable bonds is 32. The standard InChI is InChI=1S/C60H84N4O16/c1-9-17-25-73-53(65)45-37-33-39-47(55(67)75-27-19-11-3)49(57(69)77-29-21-13-5)41(62-39)35-43-51(59(71)79-31-23-15-7)52(60(72)80-32-24-16-8)44(64-43)36-42-50(58(70)78-30-22-14-6)48(56(68)76-28-20-12-4)40(63-42)34-38(61-37)46(45)54(66)74-26-18-10-2/h61-64H,9-36H2,1-8H3. The monoisotopic (exact) mass is 1120 g/mol. The number of carbonyl (C=O) groups is 8. The Morgan fingerprint density at radius 3 is 0.450 bits per heavy atom. The predicted octanol–water partition coefficient (Wildman–Crippen LogP) is 11.3. The topological polar surface area (TPSA) is 274 Å². The molecule has 4 aromatic heterocycles. The molecule has 4 aromatic rings. The van der Waals surface area contributed by atoms with Crippen molar-refractivity contribution in [1.29, 1.82) is 0 Å². The van der Waals surface area contributed by atoms with Gasteiger partial charge in [0, 0.05) is 71.2 Å². The van der Waals surface area contributed by atoms with Crippen LogP contribution in [0.5, 0.6) is 0 Å². The molecule has 0 saturated carbocycles. The number of esters is 8. The van der Waals surface area contributed by atoms with E-state index in [1.165, 1.54) is 0 Å². The number of aromatic amines is 4. The molecule has 20 nitrogen and oxygen atoms in total. The van der Waals surface area contributed by atoms with Crippen molar-refractivity contribution in [3.63, 3.8) is 0 Å². The molecule has 4 N–H and O–H groups in total. The van der Waals surface area contributed by atoms with E-state index in [9.17, 15) is 38.4 Å². The average Bonchev–Trinajstić information content (AvgIpc) is 4.23. The fourth-order valence-electron chi connectivity index (χ4n) is 9.06. The summed E-state index contributed by atoms with van der Waals surface area (Å²) in [4.78, 5) is 131. The second-order valence-electron chi connectivity index (χ2n) is 20.0. The van der Waals surface area contributed by atoms with Gasteiger partial charge in [0.15, 0.2) is 0 Å². The van der Waals surface area contributed by atoms with Crippen LogP contribution in [0.2, 0.25) is 0 Å². The van der Waals surface area contributed by atoms with Gasteiger partial charge in [0.1, 0.15) is 0 Å². The van der Waals surface area contributed by atoms with Gasteiger partial charge in [-0.3, -0.25) is 0 Å². The van der Waals surface area contributed by atoms with Gasteiger partial charge in [-0.1, -0.05) is 107 Å². The summed E-state index contributed by atoms with van der Waals surface area (Å²) in [6.07, 6.45) is 7.80. The molecule has 0 aliphatic carbocycles. The highest BCUT2D eigenvalue weighted by molar-refractivity contribution is 6.09. The van der Waals surface area contributed by atoms with Crippen molar-refractivity contribution in [1.82, 2.24) is 19.9 Å². The fourth-order valence-corrected chi connectivity index (χ4v) is 9.06. The number of fused-ring (bicyclic) bond motifs is 8. The highest BCUT2D eigenvalue weighted by Crippen LogP contribution is 2.36. The van der Waals surface area contributed by atoms with Crippen molar-refractivity contribution in [3.8, 4) is 0 Å². The van der Waals surface area contributed by atoms with E-state index in [2.05, 4.69) is 19.9 Å². The van der Waals surface area contributed by atoms with Crippen molar-refractivity contribution < 1.29 is 76.3 Å². The van der Waals surface area contributed by atoms with Crippen LogP contribution < -0.4 is 0 Å². The smallest absolute Gasteiger partial charge is 0.340 e. The zero-order chi connectivity index (χ0) is 58.1. The number of nitrogens with one attached hydrogen (secondary N) is 4. The number of aromatic nitrogens is 4. The molecule has 0 amide bonds. The average molecular weight is 1120 g/mol. The minimum atomic E-state index is -0.899. The van der Waals surface area contributed by atoms with Gasteiger partial charge in [0.2, 0.25) is 0 Å². The molecule has 0 unspecified atom stereocenters. The minimum absolute atomic E-state index is 0.0123. The minimum Gasteiger partial charge on any atom is -0.462 e. The first-order chi connectivity index (χ1) is 38.7. The van der Waals surface area contributed by atoms with Gasteiger partial charge in [-0.05, 0) is 51.4 Å². The van der Waals surface area contributed by atoms with E-state index in [4.69, 9.17) is 37.9 Å². The Morgan fingerprint density at radius 2 is 0.350 bits per heavy atom. The first-order valence-corrected chi connectivity index (χ1v) is 29.1. The van der Waals surface area contributed by atoms with E-state index in [0.717, 1.165) is 0 Å². The van der Waals surface area contributed by atoms with Crippen molar-refractivity contribution in [2.45, 2.75) is 184 Å². The fraction of sp³-hybridized carbons (Fsp3) is 0.600. The lowest BCUT2D eigenvalue weighted by Gasteiger charge is -2.11. The van der Waals surface area contributed by atoms with E-state index in [-0.39, 0.29) is 169 Å². The largest absolute Gasteiger partial charge is 0.462 e. The highest BCUT2D eigenvalue weighted by Gasteiger charge is 2.39. The zero-order valence-corrected chi connectivity index (χ0v) is 48.3. The molecule has 5 rings (SSSR count). The number of hydrogen-bond donors (Lipinski definition) is 4. The quantitative estimate of drug-likeness (QED) is 0.0177. The van der Waals surface area contributed by atoms with E-state index in [1.54, 1.807) is 0 Å². The summed E-state index contributed by atoms with van der Waals surface area (Å²) >= 11 is 0. The van der Waals surface area contributed by atoms with Crippen LogP contribution in [-0.4, -0.2) is 121 Å². The molecule has 0 spiro atoms. The first kappa shape index (κ1) is 63.7. The summed E-state index contributed by atoms with van der Waals surface area (Å²) in [7, 11) is 0. The molecule has 20 heteroatoms. The van der Waals surface area contributed by atoms with E-state index >= 15 is 0 Å². The molecule has 0 radical (unpaired) electrons. The Kier molecular flexibility index (Phi) is 26.1. The van der Waals surface area contributed by atoms with Crippen LogP contribution in [0.4, 0.5) is 0 Å². The number of hydrogen-bond acceptors (Lipinski definition) is 16. The molecule has 5 heterocycles. The van der Waals surface area contributed by atoms with E-state index in [1.807, 2.05) is 55.4 Å². The third-order valence-corrected chi connectivity index (χ3v) is 13.5. The number of H-pyrrole nitrogens is 4. The molecule has 440 valence electrons. The van der Waals surface area contributed by atoms with Crippen LogP contribution in [0.25, 0.3) is 0 Å². The van der Waals surface area contributed by atoms with Gasteiger partial charge in [-0.15, -0.1) is 0 Å². The number of ether oxygens (including phenoxy) is 8. The lowest BCUT2D eigenvalue weighted by Crippen LogP contribution is -2.18. The van der Waals surface area contributed by atoms with Crippen LogP contribution in [0.15, 0.2) is 0 Å². The first-order valence-electron chi connectivity index (χ1n) is 29.1. The van der Waals surface area contributed by atoms with Gasteiger partial charge >= 0.3 is 47.8 Å². The maximum Gasteiger partial charge on any atom is 0.340 e. The molecular formula is C60H84N4O16. The third kappa shape index (κ3) is 16.5. The maximum atomic E-state index is 14.7. The zero-order valence-electron chi connectivity index (χ0n) is 48.3. The van der Waals surface area contributed by atoms with Crippen LogP contribution in [0, 0.1) is 0 Å². The van der Waals surface area contributed by atoms with Crippen LogP contribution in [0.1, 0.15) is 287 Å². The summed E-state index contributed by atoms with van der Waals surface area (Å²) in [6, 6.07) is 0. The molecular weight excluding hydrogens is 1030 g/mol. The Labute approximate surface area is 469 Å². The van der Waals surface area contributed by atoms with Gasteiger partial charge in [0.25, 0.3) is 0 Å². The molecule has 0 saturated heterocycles. The second-order valence-corrected chi connectivity index (χ2v) is 20.0. The van der Waals surface area contributed by atoms with E-state index in [0.29, 0.717) is 103 Å². The number of carbonyl (C=O) groups excluding carboxylic acids is 8. The lowest BCUT2D eigenvalue weighted by molar-refractivity contribution is 0.0449. The summed E-state index contributed by atoms with van der Waals surface area (Å²) < 4.78 is 46.8.